The average Bonchev–Trinajstić information content (AvgIpc) is 1.94. The van der Waals surface area contributed by atoms with Crippen LogP contribution < -0.4 is 10.6 Å². The molecule has 0 bridgehead atoms. The van der Waals surface area contributed by atoms with Crippen LogP contribution in [0, 0.1) is 0 Å². The van der Waals surface area contributed by atoms with Crippen LogP contribution in [-0.2, 0) is 0 Å². The van der Waals surface area contributed by atoms with Gasteiger partial charge in [-0.05, 0) is 28.1 Å². The van der Waals surface area contributed by atoms with Gasteiger partial charge in [-0.15, -0.1) is 0 Å². The molecule has 0 fully saturated rings. The van der Waals surface area contributed by atoms with Crippen molar-refractivity contribution in [3.8, 4) is 0 Å². The van der Waals surface area contributed by atoms with Crippen molar-refractivity contribution in [2.45, 2.75) is 0 Å². The Labute approximate surface area is 75.1 Å². The Morgan fingerprint density at radius 3 is 2.45 bits per heavy atom. The number of nitrogens with zero attached hydrogens (tertiary/aromatic N) is 1. The molecule has 2 N–H and O–H groups in total. The second-order valence-electron chi connectivity index (χ2n) is 2.57. The van der Waals surface area contributed by atoms with Crippen molar-refractivity contribution in [2.75, 3.05) is 24.7 Å². The highest BCUT2D eigenvalue weighted by Gasteiger charge is 2.02. The lowest BCUT2D eigenvalue weighted by Gasteiger charge is -2.15. The summed E-state index contributed by atoms with van der Waals surface area (Å²) < 4.78 is 0.963. The molecule has 60 valence electrons. The minimum atomic E-state index is 0.774. The number of rotatable bonds is 1. The summed E-state index contributed by atoms with van der Waals surface area (Å²) in [6, 6.07) is 5.83. The van der Waals surface area contributed by atoms with E-state index in [4.69, 9.17) is 5.73 Å². The molecule has 11 heavy (non-hydrogen) atoms. The summed E-state index contributed by atoms with van der Waals surface area (Å²) in [7, 11) is 3.97. The average molecular weight is 215 g/mol. The van der Waals surface area contributed by atoms with Crippen molar-refractivity contribution in [2.24, 2.45) is 0 Å². The first-order valence-electron chi connectivity index (χ1n) is 3.34. The third-order valence-electron chi connectivity index (χ3n) is 1.49. The second-order valence-corrected chi connectivity index (χ2v) is 3.37. The standard InChI is InChI=1S/C8H11BrN2/c1-11(2)7-5-3-4-6(10)8(7)9/h3-5H,10H2,1-2H3. The van der Waals surface area contributed by atoms with Crippen molar-refractivity contribution in [1.82, 2.24) is 0 Å². The zero-order valence-corrected chi connectivity index (χ0v) is 8.22. The molecule has 0 saturated carbocycles. The number of hydrogen-bond donors (Lipinski definition) is 1. The molecule has 0 radical (unpaired) electrons. The predicted octanol–water partition coefficient (Wildman–Crippen LogP) is 2.10. The first-order valence-corrected chi connectivity index (χ1v) is 4.13. The topological polar surface area (TPSA) is 29.3 Å². The van der Waals surface area contributed by atoms with Gasteiger partial charge in [0, 0.05) is 19.8 Å². The largest absolute Gasteiger partial charge is 0.398 e. The van der Waals surface area contributed by atoms with Gasteiger partial charge in [0.15, 0.2) is 0 Å². The number of anilines is 2. The third-order valence-corrected chi connectivity index (χ3v) is 2.35. The zero-order chi connectivity index (χ0) is 8.43. The molecule has 1 aromatic carbocycles. The van der Waals surface area contributed by atoms with Crippen LogP contribution in [0.5, 0.6) is 0 Å². The van der Waals surface area contributed by atoms with Gasteiger partial charge in [0.2, 0.25) is 0 Å². The molecule has 0 heterocycles. The number of nitrogens with two attached hydrogens (primary N) is 1. The fraction of sp³-hybridized carbons (Fsp3) is 0.250. The minimum Gasteiger partial charge on any atom is -0.398 e. The van der Waals surface area contributed by atoms with E-state index in [1.54, 1.807) is 0 Å². The number of nitrogen functional groups attached to an aromatic ring is 1. The molecule has 0 aliphatic carbocycles. The van der Waals surface area contributed by atoms with E-state index in [1.807, 2.05) is 37.2 Å². The van der Waals surface area contributed by atoms with Gasteiger partial charge >= 0.3 is 0 Å². The second kappa shape index (κ2) is 3.13. The van der Waals surface area contributed by atoms with Crippen molar-refractivity contribution in [1.29, 1.82) is 0 Å². The van der Waals surface area contributed by atoms with Gasteiger partial charge in [-0.2, -0.15) is 0 Å². The van der Waals surface area contributed by atoms with Crippen molar-refractivity contribution in [3.05, 3.63) is 22.7 Å². The Hall–Kier alpha value is -0.700. The molecule has 1 rings (SSSR count). The first kappa shape index (κ1) is 8.40. The first-order chi connectivity index (χ1) is 5.13. The highest BCUT2D eigenvalue weighted by atomic mass is 79.9. The molecule has 1 aromatic rings. The number of benzene rings is 1. The summed E-state index contributed by atoms with van der Waals surface area (Å²) in [5.74, 6) is 0. The van der Waals surface area contributed by atoms with E-state index >= 15 is 0 Å². The maximum atomic E-state index is 5.68. The van der Waals surface area contributed by atoms with Crippen LogP contribution in [0.3, 0.4) is 0 Å². The monoisotopic (exact) mass is 214 g/mol. The van der Waals surface area contributed by atoms with E-state index in [-0.39, 0.29) is 0 Å². The van der Waals surface area contributed by atoms with Gasteiger partial charge in [0.1, 0.15) is 0 Å². The summed E-state index contributed by atoms with van der Waals surface area (Å²) in [6.45, 7) is 0. The lowest BCUT2D eigenvalue weighted by molar-refractivity contribution is 1.13. The van der Waals surface area contributed by atoms with E-state index < -0.39 is 0 Å². The lowest BCUT2D eigenvalue weighted by atomic mass is 10.3. The van der Waals surface area contributed by atoms with Crippen molar-refractivity contribution in [3.63, 3.8) is 0 Å². The van der Waals surface area contributed by atoms with Crippen LogP contribution >= 0.6 is 15.9 Å². The van der Waals surface area contributed by atoms with E-state index in [1.165, 1.54) is 0 Å². The van der Waals surface area contributed by atoms with Crippen LogP contribution in [0.25, 0.3) is 0 Å². The molecule has 0 spiro atoms. The molecule has 0 saturated heterocycles. The summed E-state index contributed by atoms with van der Waals surface area (Å²) in [5, 5.41) is 0. The van der Waals surface area contributed by atoms with E-state index in [2.05, 4.69) is 15.9 Å². The fourth-order valence-electron chi connectivity index (χ4n) is 0.883. The maximum Gasteiger partial charge on any atom is 0.0638 e. The Morgan fingerprint density at radius 1 is 1.36 bits per heavy atom. The summed E-state index contributed by atoms with van der Waals surface area (Å²) >= 11 is 3.41. The molecular weight excluding hydrogens is 204 g/mol. The van der Waals surface area contributed by atoms with Gasteiger partial charge in [0.05, 0.1) is 10.2 Å². The van der Waals surface area contributed by atoms with Crippen molar-refractivity contribution >= 4 is 27.3 Å². The molecule has 0 aliphatic heterocycles. The van der Waals surface area contributed by atoms with E-state index in [9.17, 15) is 0 Å². The van der Waals surface area contributed by atoms with Gasteiger partial charge < -0.3 is 10.6 Å². The van der Waals surface area contributed by atoms with Crippen LogP contribution in [0.1, 0.15) is 0 Å². The van der Waals surface area contributed by atoms with Gasteiger partial charge in [-0.3, -0.25) is 0 Å². The molecule has 0 amide bonds. The molecule has 2 nitrogen and oxygen atoms in total. The van der Waals surface area contributed by atoms with Gasteiger partial charge in [-0.25, -0.2) is 0 Å². The molecule has 0 aliphatic rings. The molecule has 3 heteroatoms. The van der Waals surface area contributed by atoms with Crippen LogP contribution in [0.2, 0.25) is 0 Å². The number of hydrogen-bond acceptors (Lipinski definition) is 2. The molecule has 0 unspecified atom stereocenters. The van der Waals surface area contributed by atoms with Crippen molar-refractivity contribution < 1.29 is 0 Å². The fourth-order valence-corrected chi connectivity index (χ4v) is 1.50. The molecular formula is C8H11BrN2. The Morgan fingerprint density at radius 2 is 2.00 bits per heavy atom. The quantitative estimate of drug-likeness (QED) is 0.727. The minimum absolute atomic E-state index is 0.774. The maximum absolute atomic E-state index is 5.68. The van der Waals surface area contributed by atoms with E-state index in [0.717, 1.165) is 15.8 Å². The van der Waals surface area contributed by atoms with Gasteiger partial charge in [-0.1, -0.05) is 6.07 Å². The Balaban J connectivity index is 3.17. The third kappa shape index (κ3) is 1.66. The normalized spacial score (nSPS) is 9.73. The SMILES string of the molecule is CN(C)c1cccc(N)c1Br. The summed E-state index contributed by atoms with van der Waals surface area (Å²) in [4.78, 5) is 2.01. The zero-order valence-electron chi connectivity index (χ0n) is 6.63. The van der Waals surface area contributed by atoms with Crippen LogP contribution in [-0.4, -0.2) is 14.1 Å². The number of halogens is 1. The summed E-state index contributed by atoms with van der Waals surface area (Å²) in [5.41, 5.74) is 7.56. The predicted molar refractivity (Wildman–Crippen MR) is 52.9 cm³/mol. The lowest BCUT2D eigenvalue weighted by Crippen LogP contribution is -2.09. The Bertz CT molecular complexity index is 258. The highest BCUT2D eigenvalue weighted by molar-refractivity contribution is 9.10. The van der Waals surface area contributed by atoms with Gasteiger partial charge in [0.25, 0.3) is 0 Å². The highest BCUT2D eigenvalue weighted by Crippen LogP contribution is 2.29. The summed E-state index contributed by atoms with van der Waals surface area (Å²) in [6.07, 6.45) is 0. The van der Waals surface area contributed by atoms with E-state index in [0.29, 0.717) is 0 Å². The molecule has 0 atom stereocenters. The molecule has 0 aromatic heterocycles. The Kier molecular flexibility index (Phi) is 2.39. The smallest absolute Gasteiger partial charge is 0.0638 e. The van der Waals surface area contributed by atoms with Crippen LogP contribution in [0.4, 0.5) is 11.4 Å². The van der Waals surface area contributed by atoms with Crippen LogP contribution in [0.15, 0.2) is 22.7 Å².